The first-order valence-corrected chi connectivity index (χ1v) is 11.7. The molecular formula is C26H29BrN2O3. The number of benzene rings is 2. The molecule has 0 saturated heterocycles. The van der Waals surface area contributed by atoms with Crippen molar-refractivity contribution in [3.8, 4) is 0 Å². The molecule has 2 fully saturated rings. The minimum absolute atomic E-state index is 0.0160. The highest BCUT2D eigenvalue weighted by molar-refractivity contribution is 9.10. The van der Waals surface area contributed by atoms with Crippen LogP contribution in [0, 0.1) is 30.1 Å². The van der Waals surface area contributed by atoms with Crippen LogP contribution in [-0.4, -0.2) is 17.6 Å². The fourth-order valence-corrected chi connectivity index (χ4v) is 5.85. The average Bonchev–Trinajstić information content (AvgIpc) is 3.05. The molecule has 0 heterocycles. The van der Waals surface area contributed by atoms with E-state index in [4.69, 9.17) is 4.84 Å². The Morgan fingerprint density at radius 2 is 1.78 bits per heavy atom. The molecule has 2 bridgehead atoms. The van der Waals surface area contributed by atoms with Crippen molar-refractivity contribution in [3.63, 3.8) is 0 Å². The number of halogens is 1. The second-order valence-corrected chi connectivity index (χ2v) is 10.7. The number of nitrogens with one attached hydrogen (secondary N) is 1. The molecule has 2 aliphatic carbocycles. The second-order valence-electron chi connectivity index (χ2n) is 9.89. The van der Waals surface area contributed by atoms with E-state index in [1.165, 1.54) is 0 Å². The molecule has 2 unspecified atom stereocenters. The number of rotatable bonds is 4. The van der Waals surface area contributed by atoms with E-state index in [-0.39, 0.29) is 16.7 Å². The van der Waals surface area contributed by atoms with Crippen molar-refractivity contribution < 1.29 is 14.4 Å². The van der Waals surface area contributed by atoms with E-state index < -0.39 is 11.4 Å². The highest BCUT2D eigenvalue weighted by Crippen LogP contribution is 2.71. The SMILES string of the molecule is Cc1ccc(C)c(NC(=O)C23CCC(C)(C(=NOC(=O)c4ccccc4Br)C2)C3(C)C)c1. The number of nitrogens with zero attached hydrogens (tertiary/aromatic N) is 1. The first-order chi connectivity index (χ1) is 15.0. The molecule has 2 saturated carbocycles. The summed E-state index contributed by atoms with van der Waals surface area (Å²) < 4.78 is 0.661. The molecule has 0 aliphatic heterocycles. The van der Waals surface area contributed by atoms with Crippen molar-refractivity contribution in [1.29, 1.82) is 0 Å². The fourth-order valence-electron chi connectivity index (χ4n) is 5.41. The number of anilines is 1. The van der Waals surface area contributed by atoms with E-state index in [1.54, 1.807) is 18.2 Å². The summed E-state index contributed by atoms with van der Waals surface area (Å²) in [5, 5.41) is 7.52. The molecular weight excluding hydrogens is 468 g/mol. The van der Waals surface area contributed by atoms with Gasteiger partial charge in [-0.05, 0) is 77.4 Å². The van der Waals surface area contributed by atoms with Gasteiger partial charge in [-0.3, -0.25) is 4.79 Å². The third kappa shape index (κ3) is 3.31. The molecule has 168 valence electrons. The number of hydrogen-bond donors (Lipinski definition) is 1. The molecule has 5 nitrogen and oxygen atoms in total. The third-order valence-electron chi connectivity index (χ3n) is 8.14. The van der Waals surface area contributed by atoms with Gasteiger partial charge in [0.25, 0.3) is 0 Å². The Kier molecular flexibility index (Phi) is 5.56. The van der Waals surface area contributed by atoms with Gasteiger partial charge in [0.2, 0.25) is 5.91 Å². The molecule has 2 aliphatic rings. The normalized spacial score (nSPS) is 26.9. The summed E-state index contributed by atoms with van der Waals surface area (Å²) in [4.78, 5) is 31.6. The molecule has 6 heteroatoms. The Labute approximate surface area is 197 Å². The fraction of sp³-hybridized carbons (Fsp3) is 0.423. The van der Waals surface area contributed by atoms with E-state index in [1.807, 2.05) is 38.1 Å². The van der Waals surface area contributed by atoms with Crippen molar-refractivity contribution in [2.45, 2.75) is 53.9 Å². The maximum Gasteiger partial charge on any atom is 0.366 e. The minimum atomic E-state index is -0.601. The second kappa shape index (κ2) is 7.84. The van der Waals surface area contributed by atoms with Crippen LogP contribution in [0.3, 0.4) is 0 Å². The van der Waals surface area contributed by atoms with Crippen LogP contribution < -0.4 is 5.32 Å². The smallest absolute Gasteiger partial charge is 0.325 e. The largest absolute Gasteiger partial charge is 0.366 e. The topological polar surface area (TPSA) is 67.8 Å². The van der Waals surface area contributed by atoms with E-state index in [0.29, 0.717) is 16.5 Å². The summed E-state index contributed by atoms with van der Waals surface area (Å²) in [7, 11) is 0. The average molecular weight is 497 g/mol. The molecule has 1 N–H and O–H groups in total. The Bertz CT molecular complexity index is 1140. The van der Waals surface area contributed by atoms with Crippen LogP contribution in [0.4, 0.5) is 5.69 Å². The molecule has 2 atom stereocenters. The summed E-state index contributed by atoms with van der Waals surface area (Å²) >= 11 is 3.38. The molecule has 0 spiro atoms. The Hall–Kier alpha value is -2.47. The van der Waals surface area contributed by atoms with E-state index >= 15 is 0 Å². The quantitative estimate of drug-likeness (QED) is 0.391. The van der Waals surface area contributed by atoms with E-state index in [2.05, 4.69) is 47.2 Å². The van der Waals surface area contributed by atoms with Crippen molar-refractivity contribution >= 4 is 39.2 Å². The maximum atomic E-state index is 13.7. The lowest BCUT2D eigenvalue weighted by Crippen LogP contribution is -2.43. The van der Waals surface area contributed by atoms with Crippen LogP contribution in [0.15, 0.2) is 52.1 Å². The number of amides is 1. The Balaban J connectivity index is 1.62. The van der Waals surface area contributed by atoms with Crippen LogP contribution in [0.25, 0.3) is 0 Å². The highest BCUT2D eigenvalue weighted by atomic mass is 79.9. The van der Waals surface area contributed by atoms with Gasteiger partial charge >= 0.3 is 5.97 Å². The van der Waals surface area contributed by atoms with E-state index in [0.717, 1.165) is 35.4 Å². The van der Waals surface area contributed by atoms with Gasteiger partial charge < -0.3 is 10.2 Å². The number of carbonyl (C=O) groups excluding carboxylic acids is 2. The number of fused-ring (bicyclic) bond motifs is 2. The lowest BCUT2D eigenvalue weighted by Gasteiger charge is -2.39. The van der Waals surface area contributed by atoms with Gasteiger partial charge in [0.1, 0.15) is 0 Å². The minimum Gasteiger partial charge on any atom is -0.325 e. The van der Waals surface area contributed by atoms with Crippen LogP contribution >= 0.6 is 15.9 Å². The van der Waals surface area contributed by atoms with Gasteiger partial charge in [-0.1, -0.05) is 50.2 Å². The van der Waals surface area contributed by atoms with Crippen LogP contribution in [-0.2, 0) is 9.63 Å². The first-order valence-electron chi connectivity index (χ1n) is 10.9. The summed E-state index contributed by atoms with van der Waals surface area (Å²) in [5.74, 6) is -0.495. The standard InChI is InChI=1S/C26H29BrN2O3/c1-16-10-11-17(2)20(14-16)28-23(31)26-13-12-25(5,24(26,3)4)21(15-26)29-32-22(30)18-8-6-7-9-19(18)27/h6-11,14H,12-13,15H2,1-5H3,(H,28,31). The Morgan fingerprint density at radius 1 is 1.06 bits per heavy atom. The maximum absolute atomic E-state index is 13.7. The van der Waals surface area contributed by atoms with Crippen LogP contribution in [0.5, 0.6) is 0 Å². The Morgan fingerprint density at radius 3 is 2.50 bits per heavy atom. The van der Waals surface area contributed by atoms with Gasteiger partial charge in [0.05, 0.1) is 16.7 Å². The monoisotopic (exact) mass is 496 g/mol. The number of carbonyl (C=O) groups is 2. The summed E-state index contributed by atoms with van der Waals surface area (Å²) in [6.07, 6.45) is 2.09. The van der Waals surface area contributed by atoms with Gasteiger partial charge in [-0.25, -0.2) is 4.79 Å². The summed E-state index contributed by atoms with van der Waals surface area (Å²) in [5.41, 5.74) is 2.94. The van der Waals surface area contributed by atoms with Crippen molar-refractivity contribution in [2.75, 3.05) is 5.32 Å². The highest BCUT2D eigenvalue weighted by Gasteiger charge is 2.71. The molecule has 0 aromatic heterocycles. The van der Waals surface area contributed by atoms with Crippen LogP contribution in [0.2, 0.25) is 0 Å². The molecule has 4 rings (SSSR count). The molecule has 2 aromatic carbocycles. The number of aryl methyl sites for hydroxylation is 2. The summed E-state index contributed by atoms with van der Waals surface area (Å²) in [6.45, 7) is 10.4. The first kappa shape index (κ1) is 22.7. The van der Waals surface area contributed by atoms with E-state index in [9.17, 15) is 9.59 Å². The lowest BCUT2D eigenvalue weighted by atomic mass is 9.64. The van der Waals surface area contributed by atoms with Gasteiger partial charge in [-0.15, -0.1) is 0 Å². The van der Waals surface area contributed by atoms with Crippen molar-refractivity contribution in [3.05, 3.63) is 63.6 Å². The predicted octanol–water partition coefficient (Wildman–Crippen LogP) is 6.43. The number of hydrogen-bond acceptors (Lipinski definition) is 4. The van der Waals surface area contributed by atoms with Crippen LogP contribution in [0.1, 0.15) is 61.5 Å². The van der Waals surface area contributed by atoms with Gasteiger partial charge in [-0.2, -0.15) is 0 Å². The van der Waals surface area contributed by atoms with Gasteiger partial charge in [0, 0.05) is 22.0 Å². The van der Waals surface area contributed by atoms with Gasteiger partial charge in [0.15, 0.2) is 0 Å². The summed E-state index contributed by atoms with van der Waals surface area (Å²) in [6, 6.07) is 13.2. The molecule has 1 amide bonds. The van der Waals surface area contributed by atoms with Crippen molar-refractivity contribution in [1.82, 2.24) is 0 Å². The van der Waals surface area contributed by atoms with Crippen molar-refractivity contribution in [2.24, 2.45) is 21.4 Å². The zero-order chi connectivity index (χ0) is 23.3. The lowest BCUT2D eigenvalue weighted by molar-refractivity contribution is -0.130. The predicted molar refractivity (Wildman–Crippen MR) is 130 cm³/mol. The zero-order valence-corrected chi connectivity index (χ0v) is 20.8. The molecule has 2 aromatic rings. The molecule has 0 radical (unpaired) electrons. The molecule has 32 heavy (non-hydrogen) atoms. The zero-order valence-electron chi connectivity index (χ0n) is 19.2. The third-order valence-corrected chi connectivity index (χ3v) is 8.83. The number of oxime groups is 1.